The van der Waals surface area contributed by atoms with E-state index in [4.69, 9.17) is 0 Å². The number of phenolic OH excluding ortho intramolecular Hbond substituents is 1. The molecule has 8 nitrogen and oxygen atoms in total. The van der Waals surface area contributed by atoms with Crippen molar-refractivity contribution in [3.8, 4) is 5.75 Å². The van der Waals surface area contributed by atoms with Crippen LogP contribution in [0.15, 0.2) is 48.7 Å². The molecule has 1 aromatic heterocycles. The molecule has 1 saturated heterocycles. The molecule has 1 fully saturated rings. The Morgan fingerprint density at radius 2 is 1.72 bits per heavy atom. The van der Waals surface area contributed by atoms with Gasteiger partial charge in [0.2, 0.25) is 5.91 Å². The molecule has 3 rings (SSSR count). The third-order valence-corrected chi connectivity index (χ3v) is 4.99. The van der Waals surface area contributed by atoms with Crippen LogP contribution in [0.5, 0.6) is 5.75 Å². The highest BCUT2D eigenvalue weighted by atomic mass is 16.4. The van der Waals surface area contributed by atoms with E-state index in [1.54, 1.807) is 18.3 Å². The van der Waals surface area contributed by atoms with Crippen LogP contribution in [0.1, 0.15) is 12.1 Å². The minimum atomic E-state index is -0.971. The second kappa shape index (κ2) is 9.99. The lowest BCUT2D eigenvalue weighted by molar-refractivity contribution is -0.144. The summed E-state index contributed by atoms with van der Waals surface area (Å²) in [5.74, 6) is -1.98. The first-order chi connectivity index (χ1) is 14.0. The third kappa shape index (κ3) is 6.55. The average molecular weight is 398 g/mol. The topological polar surface area (TPSA) is 106 Å². The first-order valence-corrected chi connectivity index (χ1v) is 9.66. The number of rotatable bonds is 8. The predicted molar refractivity (Wildman–Crippen MR) is 108 cm³/mol. The maximum Gasteiger partial charge on any atom is 0.308 e. The number of nitrogens with zero attached hydrogens (tertiary/aromatic N) is 3. The molecule has 0 radical (unpaired) electrons. The van der Waals surface area contributed by atoms with Gasteiger partial charge in [-0.2, -0.15) is 0 Å². The van der Waals surface area contributed by atoms with E-state index >= 15 is 0 Å². The first-order valence-electron chi connectivity index (χ1n) is 9.66. The molecule has 29 heavy (non-hydrogen) atoms. The highest BCUT2D eigenvalue weighted by molar-refractivity contribution is 5.93. The highest BCUT2D eigenvalue weighted by Gasteiger charge is 2.26. The Bertz CT molecular complexity index is 805. The van der Waals surface area contributed by atoms with Gasteiger partial charge in [0.1, 0.15) is 5.75 Å². The normalized spacial score (nSPS) is 16.3. The zero-order chi connectivity index (χ0) is 20.6. The monoisotopic (exact) mass is 398 g/mol. The van der Waals surface area contributed by atoms with Gasteiger partial charge in [-0.05, 0) is 36.4 Å². The molecule has 0 unspecified atom stereocenters. The number of hydrogen-bond acceptors (Lipinski definition) is 6. The van der Waals surface area contributed by atoms with E-state index < -0.39 is 11.9 Å². The summed E-state index contributed by atoms with van der Waals surface area (Å²) in [6.07, 6.45) is 1.69. The fourth-order valence-corrected chi connectivity index (χ4v) is 3.37. The van der Waals surface area contributed by atoms with E-state index in [0.717, 1.165) is 38.4 Å². The number of aromatic hydroxyl groups is 1. The molecule has 1 amide bonds. The van der Waals surface area contributed by atoms with Crippen molar-refractivity contribution in [2.45, 2.75) is 13.0 Å². The fraction of sp³-hybridized carbons (Fsp3) is 0.381. The predicted octanol–water partition coefficient (Wildman–Crippen LogP) is 1.63. The zero-order valence-corrected chi connectivity index (χ0v) is 16.2. The number of amides is 1. The number of aromatic nitrogens is 1. The fourth-order valence-electron chi connectivity index (χ4n) is 3.37. The Morgan fingerprint density at radius 1 is 1.03 bits per heavy atom. The quantitative estimate of drug-likeness (QED) is 0.581. The zero-order valence-electron chi connectivity index (χ0n) is 16.2. The molecule has 1 aliphatic rings. The molecule has 0 saturated carbocycles. The Hall–Kier alpha value is -2.97. The van der Waals surface area contributed by atoms with Gasteiger partial charge in [0.25, 0.3) is 0 Å². The van der Waals surface area contributed by atoms with Crippen molar-refractivity contribution >= 4 is 17.6 Å². The molecule has 3 N–H and O–H groups in total. The maximum atomic E-state index is 12.2. The number of pyridine rings is 1. The Balaban J connectivity index is 1.46. The van der Waals surface area contributed by atoms with Crippen LogP contribution in [0.4, 0.5) is 5.69 Å². The standard InChI is InChI=1S/C21H26N4O4/c26-19-6-4-17(5-7-19)23-20(27)13-16(21(28)29)14-24-9-11-25(12-10-24)15-18-3-1-2-8-22-18/h1-8,16,26H,9-15H2,(H,23,27)(H,28,29)/t16-/m0/s1. The van der Waals surface area contributed by atoms with Crippen LogP contribution >= 0.6 is 0 Å². The van der Waals surface area contributed by atoms with E-state index in [1.165, 1.54) is 12.1 Å². The summed E-state index contributed by atoms with van der Waals surface area (Å²) < 4.78 is 0. The lowest BCUT2D eigenvalue weighted by Crippen LogP contribution is -2.48. The van der Waals surface area contributed by atoms with Gasteiger partial charge in [-0.3, -0.25) is 24.4 Å². The number of carbonyl (C=O) groups excluding carboxylic acids is 1. The second-order valence-corrected chi connectivity index (χ2v) is 7.23. The number of benzene rings is 1. The van der Waals surface area contributed by atoms with Crippen LogP contribution in [-0.2, 0) is 16.1 Å². The highest BCUT2D eigenvalue weighted by Crippen LogP contribution is 2.16. The van der Waals surface area contributed by atoms with E-state index in [-0.39, 0.29) is 18.1 Å². The second-order valence-electron chi connectivity index (χ2n) is 7.23. The van der Waals surface area contributed by atoms with Gasteiger partial charge >= 0.3 is 5.97 Å². The minimum absolute atomic E-state index is 0.0929. The molecule has 1 aliphatic heterocycles. The summed E-state index contributed by atoms with van der Waals surface area (Å²) in [4.78, 5) is 32.6. The van der Waals surface area contributed by atoms with E-state index in [1.807, 2.05) is 18.2 Å². The Labute approximate surface area is 169 Å². The Morgan fingerprint density at radius 3 is 2.34 bits per heavy atom. The minimum Gasteiger partial charge on any atom is -0.508 e. The van der Waals surface area contributed by atoms with Crippen molar-refractivity contribution in [3.63, 3.8) is 0 Å². The molecular formula is C21H26N4O4. The molecular weight excluding hydrogens is 372 g/mol. The molecule has 2 aromatic rings. The summed E-state index contributed by atoms with van der Waals surface area (Å²) in [5.41, 5.74) is 1.55. The molecule has 0 bridgehead atoms. The smallest absolute Gasteiger partial charge is 0.308 e. The number of phenols is 1. The van der Waals surface area contributed by atoms with Gasteiger partial charge in [0, 0.05) is 57.6 Å². The van der Waals surface area contributed by atoms with Gasteiger partial charge in [-0.15, -0.1) is 0 Å². The molecule has 0 spiro atoms. The maximum absolute atomic E-state index is 12.2. The summed E-state index contributed by atoms with van der Waals surface area (Å²) in [6, 6.07) is 11.9. The van der Waals surface area contributed by atoms with Crippen LogP contribution in [0.2, 0.25) is 0 Å². The molecule has 154 valence electrons. The summed E-state index contributed by atoms with van der Waals surface area (Å²) >= 11 is 0. The molecule has 8 heteroatoms. The molecule has 1 aromatic carbocycles. The van der Waals surface area contributed by atoms with Gasteiger partial charge < -0.3 is 15.5 Å². The van der Waals surface area contributed by atoms with E-state index in [0.29, 0.717) is 12.2 Å². The Kier molecular flexibility index (Phi) is 7.15. The van der Waals surface area contributed by atoms with Crippen molar-refractivity contribution in [2.75, 3.05) is 38.0 Å². The van der Waals surface area contributed by atoms with Crippen LogP contribution in [0.3, 0.4) is 0 Å². The third-order valence-electron chi connectivity index (χ3n) is 4.99. The van der Waals surface area contributed by atoms with Gasteiger partial charge in [-0.1, -0.05) is 6.07 Å². The van der Waals surface area contributed by atoms with Crippen molar-refractivity contribution < 1.29 is 19.8 Å². The van der Waals surface area contributed by atoms with E-state index in [9.17, 15) is 19.8 Å². The van der Waals surface area contributed by atoms with Crippen LogP contribution in [-0.4, -0.2) is 69.6 Å². The number of carboxylic acids is 1. The van der Waals surface area contributed by atoms with Crippen LogP contribution in [0.25, 0.3) is 0 Å². The summed E-state index contributed by atoms with van der Waals surface area (Å²) in [6.45, 7) is 4.32. The first kappa shape index (κ1) is 20.8. The summed E-state index contributed by atoms with van der Waals surface area (Å²) in [5, 5.41) is 21.5. The van der Waals surface area contributed by atoms with Crippen LogP contribution in [0, 0.1) is 5.92 Å². The lowest BCUT2D eigenvalue weighted by atomic mass is 10.0. The number of hydrogen-bond donors (Lipinski definition) is 3. The number of anilines is 1. The molecule has 1 atom stereocenters. The van der Waals surface area contributed by atoms with Gasteiger partial charge in [0.05, 0.1) is 11.6 Å². The number of aliphatic carboxylic acids is 1. The summed E-state index contributed by atoms with van der Waals surface area (Å²) in [7, 11) is 0. The molecule has 2 heterocycles. The van der Waals surface area contributed by atoms with Gasteiger partial charge in [0.15, 0.2) is 0 Å². The largest absolute Gasteiger partial charge is 0.508 e. The number of nitrogens with one attached hydrogen (secondary N) is 1. The van der Waals surface area contributed by atoms with E-state index in [2.05, 4.69) is 20.1 Å². The van der Waals surface area contributed by atoms with Crippen molar-refractivity contribution in [1.29, 1.82) is 0 Å². The number of piperazine rings is 1. The number of carboxylic acid groups (broad SMARTS) is 1. The van der Waals surface area contributed by atoms with Crippen molar-refractivity contribution in [3.05, 3.63) is 54.4 Å². The van der Waals surface area contributed by atoms with Crippen LogP contribution < -0.4 is 5.32 Å². The lowest BCUT2D eigenvalue weighted by Gasteiger charge is -2.35. The molecule has 0 aliphatic carbocycles. The van der Waals surface area contributed by atoms with Crippen molar-refractivity contribution in [1.82, 2.24) is 14.8 Å². The van der Waals surface area contributed by atoms with Crippen molar-refractivity contribution in [2.24, 2.45) is 5.92 Å². The van der Waals surface area contributed by atoms with Gasteiger partial charge in [-0.25, -0.2) is 0 Å². The average Bonchev–Trinajstić information content (AvgIpc) is 2.71. The number of carbonyl (C=O) groups is 2. The SMILES string of the molecule is O=C(C[C@@H](CN1CCN(Cc2ccccn2)CC1)C(=O)O)Nc1ccc(O)cc1.